The lowest BCUT2D eigenvalue weighted by Crippen LogP contribution is -2.25. The number of carbonyl (C=O) groups is 2. The number of imidazole rings is 2. The fourth-order valence-electron chi connectivity index (χ4n) is 3.33. The highest BCUT2D eigenvalue weighted by molar-refractivity contribution is 5.96. The molecule has 1 saturated carbocycles. The summed E-state index contributed by atoms with van der Waals surface area (Å²) in [5.74, 6) is -0.0243. The van der Waals surface area contributed by atoms with Gasteiger partial charge in [0, 0.05) is 29.6 Å². The number of nitrogens with zero attached hydrogens (tertiary/aromatic N) is 4. The van der Waals surface area contributed by atoms with Crippen molar-refractivity contribution in [1.82, 2.24) is 35.0 Å². The number of H-pyrrole nitrogens is 2. The highest BCUT2D eigenvalue weighted by Gasteiger charge is 2.25. The summed E-state index contributed by atoms with van der Waals surface area (Å²) in [6.45, 7) is 1.93. The molecule has 1 aliphatic rings. The van der Waals surface area contributed by atoms with Crippen LogP contribution in [0.4, 0.5) is 10.7 Å². The fourth-order valence-corrected chi connectivity index (χ4v) is 3.33. The van der Waals surface area contributed by atoms with Crippen LogP contribution < -0.4 is 16.2 Å². The number of hydrogen-bond acceptors (Lipinski definition) is 7. The van der Waals surface area contributed by atoms with Crippen molar-refractivity contribution in [2.24, 2.45) is 0 Å². The molecule has 0 radical (unpaired) electrons. The van der Waals surface area contributed by atoms with E-state index in [4.69, 9.17) is 4.74 Å². The number of aromatic amines is 2. The van der Waals surface area contributed by atoms with Crippen molar-refractivity contribution in [2.45, 2.75) is 25.8 Å². The summed E-state index contributed by atoms with van der Waals surface area (Å²) < 4.78 is 6.61. The predicted molar refractivity (Wildman–Crippen MR) is 118 cm³/mol. The first kappa shape index (κ1) is 20.4. The molecule has 4 aromatic rings. The van der Waals surface area contributed by atoms with Gasteiger partial charge in [-0.05, 0) is 38.0 Å². The van der Waals surface area contributed by atoms with Crippen LogP contribution in [0.5, 0.6) is 0 Å². The lowest BCUT2D eigenvalue weighted by atomic mass is 10.1. The van der Waals surface area contributed by atoms with Crippen molar-refractivity contribution in [3.05, 3.63) is 52.8 Å². The lowest BCUT2D eigenvalue weighted by molar-refractivity contribution is 0.0946. The third kappa shape index (κ3) is 4.31. The number of carbonyl (C=O) groups excluding carboxylic acids is 2. The number of aromatic nitrogens is 6. The van der Waals surface area contributed by atoms with Crippen molar-refractivity contribution in [2.75, 3.05) is 11.9 Å². The number of amides is 2. The molecule has 0 spiro atoms. The molecule has 0 unspecified atom stereocenters. The summed E-state index contributed by atoms with van der Waals surface area (Å²) in [5.41, 5.74) is 2.84. The second-order valence-corrected chi connectivity index (χ2v) is 7.54. The minimum Gasteiger partial charge on any atom is -0.450 e. The van der Waals surface area contributed by atoms with Gasteiger partial charge >= 0.3 is 6.09 Å². The number of benzene rings is 1. The predicted octanol–water partition coefficient (Wildman–Crippen LogP) is 1.96. The summed E-state index contributed by atoms with van der Waals surface area (Å²) >= 11 is 0. The van der Waals surface area contributed by atoms with Crippen LogP contribution in [0.1, 0.15) is 30.3 Å². The van der Waals surface area contributed by atoms with E-state index in [1.165, 1.54) is 6.07 Å². The molecular weight excluding hydrogens is 428 g/mol. The molecule has 1 aromatic carbocycles. The molecule has 5 rings (SSSR count). The second kappa shape index (κ2) is 8.22. The zero-order valence-corrected chi connectivity index (χ0v) is 17.6. The highest BCUT2D eigenvalue weighted by Crippen LogP contribution is 2.30. The maximum Gasteiger partial charge on any atom is 0.413 e. The number of hydrogen-bond donors (Lipinski definition) is 4. The van der Waals surface area contributed by atoms with Crippen molar-refractivity contribution in [1.29, 1.82) is 0 Å². The Kier molecular flexibility index (Phi) is 5.09. The van der Waals surface area contributed by atoms with E-state index in [9.17, 15) is 14.4 Å². The van der Waals surface area contributed by atoms with E-state index < -0.39 is 6.09 Å². The zero-order valence-electron chi connectivity index (χ0n) is 17.6. The van der Waals surface area contributed by atoms with Crippen LogP contribution in [-0.2, 0) is 4.74 Å². The first-order valence-electron chi connectivity index (χ1n) is 10.4. The number of rotatable bonds is 6. The van der Waals surface area contributed by atoms with Gasteiger partial charge in [-0.25, -0.2) is 19.9 Å². The topological polar surface area (TPSA) is 160 Å². The van der Waals surface area contributed by atoms with Crippen LogP contribution in [0, 0.1) is 0 Å². The van der Waals surface area contributed by atoms with E-state index in [2.05, 4.69) is 35.8 Å². The standard InChI is InChI=1S/C21H20N8O4/c1-2-33-21(32)26-20-24-15-8-12(29-9-16(22-10-29)19(31)23-11-3-4-11)7-13(18(15)25-20)14-5-6-17(30)28-27-14/h5-11H,2-4H2,1H3,(H,23,31)(H,28,30)(H2,24,25,26,32). The molecule has 2 amide bonds. The van der Waals surface area contributed by atoms with Crippen LogP contribution in [0.3, 0.4) is 0 Å². The van der Waals surface area contributed by atoms with Crippen molar-refractivity contribution < 1.29 is 14.3 Å². The summed E-state index contributed by atoms with van der Waals surface area (Å²) in [6, 6.07) is 6.78. The molecule has 0 aliphatic heterocycles. The zero-order chi connectivity index (χ0) is 22.9. The van der Waals surface area contributed by atoms with Gasteiger partial charge in [0.2, 0.25) is 5.95 Å². The Labute approximate surface area is 186 Å². The maximum absolute atomic E-state index is 12.3. The van der Waals surface area contributed by atoms with Gasteiger partial charge in [0.05, 0.1) is 17.8 Å². The Morgan fingerprint density at radius 1 is 1.27 bits per heavy atom. The van der Waals surface area contributed by atoms with Crippen LogP contribution in [0.25, 0.3) is 28.0 Å². The molecule has 12 heteroatoms. The molecule has 0 bridgehead atoms. The molecule has 0 atom stereocenters. The van der Waals surface area contributed by atoms with Crippen molar-refractivity contribution >= 4 is 29.0 Å². The average molecular weight is 448 g/mol. The normalized spacial score (nSPS) is 13.1. The first-order valence-corrected chi connectivity index (χ1v) is 10.4. The monoisotopic (exact) mass is 448 g/mol. The lowest BCUT2D eigenvalue weighted by Gasteiger charge is -2.07. The molecule has 4 N–H and O–H groups in total. The van der Waals surface area contributed by atoms with E-state index in [1.807, 2.05) is 6.07 Å². The summed E-state index contributed by atoms with van der Waals surface area (Å²) in [7, 11) is 0. The average Bonchev–Trinajstić information content (AvgIpc) is 3.30. The van der Waals surface area contributed by atoms with Gasteiger partial charge in [-0.3, -0.25) is 14.9 Å². The van der Waals surface area contributed by atoms with Crippen molar-refractivity contribution in [3.63, 3.8) is 0 Å². The summed E-state index contributed by atoms with van der Waals surface area (Å²) in [4.78, 5) is 47.4. The van der Waals surface area contributed by atoms with Gasteiger partial charge in [-0.1, -0.05) is 0 Å². The second-order valence-electron chi connectivity index (χ2n) is 7.54. The van der Waals surface area contributed by atoms with Gasteiger partial charge in [0.25, 0.3) is 11.5 Å². The first-order chi connectivity index (χ1) is 16.0. The number of ether oxygens (including phenoxy) is 1. The van der Waals surface area contributed by atoms with Crippen LogP contribution in [0.2, 0.25) is 0 Å². The molecule has 3 aromatic heterocycles. The van der Waals surface area contributed by atoms with E-state index in [0.29, 0.717) is 33.7 Å². The SMILES string of the molecule is CCOC(=O)Nc1nc2c(-c3ccc(=O)[nH]n3)cc(-n3cnc(C(=O)NC4CC4)c3)cc2[nH]1. The fraction of sp³-hybridized carbons (Fsp3) is 0.238. The Balaban J connectivity index is 1.56. The van der Waals surface area contributed by atoms with E-state index >= 15 is 0 Å². The number of fused-ring (bicyclic) bond motifs is 1. The molecule has 12 nitrogen and oxygen atoms in total. The van der Waals surface area contributed by atoms with Gasteiger partial charge < -0.3 is 19.6 Å². The van der Waals surface area contributed by atoms with Crippen molar-refractivity contribution in [3.8, 4) is 16.9 Å². The molecule has 1 aliphatic carbocycles. The molecule has 0 saturated heterocycles. The Morgan fingerprint density at radius 2 is 2.12 bits per heavy atom. The van der Waals surface area contributed by atoms with E-state index in [0.717, 1.165) is 12.8 Å². The Morgan fingerprint density at radius 3 is 2.85 bits per heavy atom. The Bertz CT molecular complexity index is 1390. The molecule has 168 valence electrons. The van der Waals surface area contributed by atoms with Crippen LogP contribution in [-0.4, -0.2) is 54.4 Å². The Hall–Kier alpha value is -4.48. The third-order valence-electron chi connectivity index (χ3n) is 5.05. The molecule has 33 heavy (non-hydrogen) atoms. The highest BCUT2D eigenvalue weighted by atomic mass is 16.5. The van der Waals surface area contributed by atoms with Gasteiger partial charge in [0.15, 0.2) is 0 Å². The number of nitrogens with one attached hydrogen (secondary N) is 4. The van der Waals surface area contributed by atoms with Crippen LogP contribution in [0.15, 0.2) is 41.6 Å². The third-order valence-corrected chi connectivity index (χ3v) is 5.05. The molecule has 3 heterocycles. The van der Waals surface area contributed by atoms with Gasteiger partial charge in [-0.2, -0.15) is 5.10 Å². The largest absolute Gasteiger partial charge is 0.450 e. The quantitative estimate of drug-likeness (QED) is 0.351. The minimum absolute atomic E-state index is 0.196. The smallest absolute Gasteiger partial charge is 0.413 e. The molecular formula is C21H20N8O4. The van der Waals surface area contributed by atoms with E-state index in [1.54, 1.807) is 36.1 Å². The molecule has 1 fully saturated rings. The maximum atomic E-state index is 12.3. The van der Waals surface area contributed by atoms with E-state index in [-0.39, 0.29) is 30.1 Å². The summed E-state index contributed by atoms with van der Waals surface area (Å²) in [5, 5.41) is 12.0. The number of anilines is 1. The van der Waals surface area contributed by atoms with Gasteiger partial charge in [-0.15, -0.1) is 0 Å². The minimum atomic E-state index is -0.638. The van der Waals surface area contributed by atoms with Gasteiger partial charge in [0.1, 0.15) is 17.5 Å². The van der Waals surface area contributed by atoms with Crippen LogP contribution >= 0.6 is 0 Å². The summed E-state index contributed by atoms with van der Waals surface area (Å²) in [6.07, 6.45) is 4.51.